The van der Waals surface area contributed by atoms with Gasteiger partial charge < -0.3 is 10.1 Å². The number of carbonyl (C=O) groups is 2. The third kappa shape index (κ3) is 4.23. The fourth-order valence-corrected chi connectivity index (χ4v) is 4.89. The summed E-state index contributed by atoms with van der Waals surface area (Å²) in [6.07, 6.45) is 1.95. The Balaban J connectivity index is 1.78. The molecule has 1 fully saturated rings. The zero-order valence-corrected chi connectivity index (χ0v) is 16.3. The van der Waals surface area contributed by atoms with Gasteiger partial charge in [-0.25, -0.2) is 13.2 Å². The minimum atomic E-state index is -3.76. The second-order valence-electron chi connectivity index (χ2n) is 6.50. The molecule has 1 amide bonds. The van der Waals surface area contributed by atoms with Gasteiger partial charge in [-0.15, -0.1) is 0 Å². The Morgan fingerprint density at radius 3 is 2.36 bits per heavy atom. The number of hydrogen-bond donors (Lipinski definition) is 1. The van der Waals surface area contributed by atoms with Crippen molar-refractivity contribution in [2.45, 2.75) is 30.2 Å². The number of nitrogens with zero attached hydrogens (tertiary/aromatic N) is 1. The lowest BCUT2D eigenvalue weighted by molar-refractivity contribution is -0.120. The average molecular weight is 402 g/mol. The van der Waals surface area contributed by atoms with Crippen LogP contribution in [0.15, 0.2) is 59.5 Å². The number of esters is 1. The number of benzene rings is 2. The van der Waals surface area contributed by atoms with Crippen LogP contribution in [0.3, 0.4) is 0 Å². The molecule has 2 aromatic rings. The standard InChI is InChI=1S/C20H22N2O5S/c1-27-20(24)15-10-12-16(13-11-15)21-19(23)18-9-5-6-14-22(18)28(25,26)17-7-3-2-4-8-17/h2-4,7-8,10-13,18H,5-6,9,14H2,1H3,(H,21,23). The molecule has 1 saturated heterocycles. The molecule has 1 heterocycles. The van der Waals surface area contributed by atoms with Gasteiger partial charge in [0.2, 0.25) is 15.9 Å². The molecule has 1 N–H and O–H groups in total. The van der Waals surface area contributed by atoms with Crippen molar-refractivity contribution in [3.05, 3.63) is 60.2 Å². The number of ether oxygens (including phenoxy) is 1. The highest BCUT2D eigenvalue weighted by molar-refractivity contribution is 7.89. The van der Waals surface area contributed by atoms with Crippen molar-refractivity contribution >= 4 is 27.6 Å². The van der Waals surface area contributed by atoms with Crippen LogP contribution in [0, 0.1) is 0 Å². The summed E-state index contributed by atoms with van der Waals surface area (Å²) in [5, 5.41) is 2.75. The highest BCUT2D eigenvalue weighted by atomic mass is 32.2. The molecule has 0 radical (unpaired) electrons. The van der Waals surface area contributed by atoms with Crippen molar-refractivity contribution in [1.82, 2.24) is 4.31 Å². The Morgan fingerprint density at radius 2 is 1.71 bits per heavy atom. The number of amides is 1. The molecule has 28 heavy (non-hydrogen) atoms. The van der Waals surface area contributed by atoms with Crippen LogP contribution in [0.5, 0.6) is 0 Å². The Labute approximate surface area is 164 Å². The molecule has 2 aromatic carbocycles. The zero-order chi connectivity index (χ0) is 20.1. The van der Waals surface area contributed by atoms with Crippen LogP contribution in [0.2, 0.25) is 0 Å². The topological polar surface area (TPSA) is 92.8 Å². The van der Waals surface area contributed by atoms with E-state index in [1.165, 1.54) is 23.5 Å². The van der Waals surface area contributed by atoms with Gasteiger partial charge in [-0.2, -0.15) is 4.31 Å². The molecule has 1 unspecified atom stereocenters. The maximum atomic E-state index is 13.0. The van der Waals surface area contributed by atoms with E-state index >= 15 is 0 Å². The van der Waals surface area contributed by atoms with Crippen molar-refractivity contribution in [3.63, 3.8) is 0 Å². The SMILES string of the molecule is COC(=O)c1ccc(NC(=O)C2CCCCN2S(=O)(=O)c2ccccc2)cc1. The smallest absolute Gasteiger partial charge is 0.337 e. The largest absolute Gasteiger partial charge is 0.465 e. The van der Waals surface area contributed by atoms with Gasteiger partial charge in [0.15, 0.2) is 0 Å². The van der Waals surface area contributed by atoms with Gasteiger partial charge in [0.1, 0.15) is 6.04 Å². The van der Waals surface area contributed by atoms with Crippen LogP contribution in [0.4, 0.5) is 5.69 Å². The summed E-state index contributed by atoms with van der Waals surface area (Å²) in [4.78, 5) is 24.5. The molecule has 1 aliphatic heterocycles. The molecule has 0 aromatic heterocycles. The van der Waals surface area contributed by atoms with Gasteiger partial charge in [0.05, 0.1) is 17.6 Å². The van der Waals surface area contributed by atoms with Crippen molar-refractivity contribution in [3.8, 4) is 0 Å². The number of piperidine rings is 1. The number of sulfonamides is 1. The third-order valence-corrected chi connectivity index (χ3v) is 6.60. The van der Waals surface area contributed by atoms with Gasteiger partial charge >= 0.3 is 5.97 Å². The molecule has 3 rings (SSSR count). The number of anilines is 1. The second-order valence-corrected chi connectivity index (χ2v) is 8.39. The predicted molar refractivity (Wildman–Crippen MR) is 104 cm³/mol. The lowest BCUT2D eigenvalue weighted by atomic mass is 10.0. The summed E-state index contributed by atoms with van der Waals surface area (Å²) in [7, 11) is -2.46. The number of carbonyl (C=O) groups excluding carboxylic acids is 2. The molecular weight excluding hydrogens is 380 g/mol. The normalized spacial score (nSPS) is 17.7. The van der Waals surface area contributed by atoms with Crippen molar-refractivity contribution < 1.29 is 22.7 Å². The Bertz CT molecular complexity index is 942. The fourth-order valence-electron chi connectivity index (χ4n) is 3.22. The maximum absolute atomic E-state index is 13.0. The first-order chi connectivity index (χ1) is 13.4. The molecular formula is C20H22N2O5S. The third-order valence-electron chi connectivity index (χ3n) is 4.68. The van der Waals surface area contributed by atoms with E-state index < -0.39 is 22.0 Å². The van der Waals surface area contributed by atoms with Crippen LogP contribution in [-0.4, -0.2) is 44.3 Å². The number of hydrogen-bond acceptors (Lipinski definition) is 5. The van der Waals surface area contributed by atoms with E-state index in [-0.39, 0.29) is 10.8 Å². The number of methoxy groups -OCH3 is 1. The average Bonchev–Trinajstić information content (AvgIpc) is 2.74. The van der Waals surface area contributed by atoms with Crippen molar-refractivity contribution in [2.24, 2.45) is 0 Å². The molecule has 8 heteroatoms. The summed E-state index contributed by atoms with van der Waals surface area (Å²) in [5.41, 5.74) is 0.853. The number of nitrogens with one attached hydrogen (secondary N) is 1. The molecule has 1 atom stereocenters. The Kier molecular flexibility index (Phi) is 6.11. The Morgan fingerprint density at radius 1 is 1.04 bits per heavy atom. The molecule has 0 spiro atoms. The molecule has 148 valence electrons. The molecule has 0 saturated carbocycles. The van der Waals surface area contributed by atoms with E-state index in [2.05, 4.69) is 10.1 Å². The molecule has 1 aliphatic rings. The monoisotopic (exact) mass is 402 g/mol. The quantitative estimate of drug-likeness (QED) is 0.776. The van der Waals surface area contributed by atoms with E-state index in [0.717, 1.165) is 6.42 Å². The minimum absolute atomic E-state index is 0.178. The van der Waals surface area contributed by atoms with Crippen LogP contribution in [0.1, 0.15) is 29.6 Å². The van der Waals surface area contributed by atoms with Crippen LogP contribution in [-0.2, 0) is 19.6 Å². The van der Waals surface area contributed by atoms with Crippen LogP contribution < -0.4 is 5.32 Å². The summed E-state index contributed by atoms with van der Waals surface area (Å²) in [5.74, 6) is -0.852. The highest BCUT2D eigenvalue weighted by Gasteiger charge is 2.37. The lowest BCUT2D eigenvalue weighted by Crippen LogP contribution is -2.49. The van der Waals surface area contributed by atoms with E-state index in [1.54, 1.807) is 42.5 Å². The fraction of sp³-hybridized carbons (Fsp3) is 0.300. The summed E-state index contributed by atoms with van der Waals surface area (Å²) in [6.45, 7) is 0.302. The molecule has 7 nitrogen and oxygen atoms in total. The summed E-state index contributed by atoms with van der Waals surface area (Å²) < 4.78 is 31.9. The van der Waals surface area contributed by atoms with E-state index in [4.69, 9.17) is 0 Å². The first-order valence-corrected chi connectivity index (χ1v) is 10.4. The van der Waals surface area contributed by atoms with Crippen LogP contribution >= 0.6 is 0 Å². The summed E-state index contributed by atoms with van der Waals surface area (Å²) in [6, 6.07) is 13.6. The van der Waals surface area contributed by atoms with Crippen LogP contribution in [0.25, 0.3) is 0 Å². The lowest BCUT2D eigenvalue weighted by Gasteiger charge is -2.33. The molecule has 0 aliphatic carbocycles. The maximum Gasteiger partial charge on any atom is 0.337 e. The summed E-state index contributed by atoms with van der Waals surface area (Å²) >= 11 is 0. The zero-order valence-electron chi connectivity index (χ0n) is 15.5. The second kappa shape index (κ2) is 8.53. The number of rotatable bonds is 5. The minimum Gasteiger partial charge on any atom is -0.465 e. The van der Waals surface area contributed by atoms with E-state index in [1.807, 2.05) is 0 Å². The van der Waals surface area contributed by atoms with Gasteiger partial charge in [0.25, 0.3) is 0 Å². The van der Waals surface area contributed by atoms with Gasteiger partial charge in [-0.1, -0.05) is 24.6 Å². The van der Waals surface area contributed by atoms with Gasteiger partial charge in [-0.05, 0) is 49.2 Å². The van der Waals surface area contributed by atoms with Crippen molar-refractivity contribution in [1.29, 1.82) is 0 Å². The highest BCUT2D eigenvalue weighted by Crippen LogP contribution is 2.26. The van der Waals surface area contributed by atoms with Crippen molar-refractivity contribution in [2.75, 3.05) is 19.0 Å². The van der Waals surface area contributed by atoms with Gasteiger partial charge in [0, 0.05) is 12.2 Å². The first kappa shape index (κ1) is 20.0. The predicted octanol–water partition coefficient (Wildman–Crippen LogP) is 2.66. The Hall–Kier alpha value is -2.71. The van der Waals surface area contributed by atoms with E-state index in [0.29, 0.717) is 30.6 Å². The van der Waals surface area contributed by atoms with E-state index in [9.17, 15) is 18.0 Å². The van der Waals surface area contributed by atoms with Gasteiger partial charge in [-0.3, -0.25) is 4.79 Å². The molecule has 0 bridgehead atoms. The first-order valence-electron chi connectivity index (χ1n) is 8.99.